The summed E-state index contributed by atoms with van der Waals surface area (Å²) in [6.07, 6.45) is 5.28. The van der Waals surface area contributed by atoms with Crippen LogP contribution in [-0.4, -0.2) is 0 Å². The van der Waals surface area contributed by atoms with E-state index in [4.69, 9.17) is 6.42 Å². The first-order valence-electron chi connectivity index (χ1n) is 19.0. The quantitative estimate of drug-likeness (QED) is 0.188. The SMILES string of the molecule is C#CC#CC#CC#CC#CC(c1cc(C(C)(C)C)cc(C(C)(C)C)c1)(c1cc(C(C)(C)C)cc(C(C)(C)C)c1)c1cc(C(C)(C)C)cc(C(C)(C)C)c1. The molecule has 0 heteroatoms. The van der Waals surface area contributed by atoms with Gasteiger partial charge in [0.15, 0.2) is 0 Å². The summed E-state index contributed by atoms with van der Waals surface area (Å²) in [6, 6.07) is 21.6. The molecule has 0 bridgehead atoms. The molecule has 0 radical (unpaired) electrons. The molecule has 3 aromatic rings. The van der Waals surface area contributed by atoms with Gasteiger partial charge in [0.05, 0.1) is 0 Å². The zero-order valence-electron chi connectivity index (χ0n) is 36.3. The fourth-order valence-corrected chi connectivity index (χ4v) is 6.16. The predicted octanol–water partition coefficient (Wildman–Crippen LogP) is 12.5. The van der Waals surface area contributed by atoms with Gasteiger partial charge in [-0.05, 0) is 130 Å². The van der Waals surface area contributed by atoms with E-state index < -0.39 is 5.41 Å². The monoisotopic (exact) mass is 701 g/mol. The minimum absolute atomic E-state index is 0.0996. The van der Waals surface area contributed by atoms with Crippen LogP contribution in [0.1, 0.15) is 175 Å². The number of terminal acetylenes is 1. The van der Waals surface area contributed by atoms with Gasteiger partial charge in [-0.2, -0.15) is 0 Å². The standard InChI is InChI=1S/C53H64/c1-20-21-22-23-24-25-26-27-28-53(44-32-38(47(2,3)4)29-39(33-44)48(5,6)7,45-34-40(49(8,9)10)30-41(35-45)50(11,12)13)46-36-42(51(14,15)16)31-43(37-46)52(17,18)19/h1,29-37H,2-19H3. The van der Waals surface area contributed by atoms with Crippen molar-refractivity contribution in [2.24, 2.45) is 0 Å². The van der Waals surface area contributed by atoms with Crippen LogP contribution in [0.2, 0.25) is 0 Å². The third-order valence-electron chi connectivity index (χ3n) is 9.99. The van der Waals surface area contributed by atoms with Crippen LogP contribution >= 0.6 is 0 Å². The minimum atomic E-state index is -0.894. The second kappa shape index (κ2) is 15.1. The molecule has 53 heavy (non-hydrogen) atoms. The summed E-state index contributed by atoms with van der Waals surface area (Å²) in [5.41, 5.74) is 9.62. The first kappa shape index (κ1) is 42.9. The minimum Gasteiger partial charge on any atom is -0.106 e. The van der Waals surface area contributed by atoms with E-state index >= 15 is 0 Å². The van der Waals surface area contributed by atoms with Gasteiger partial charge in [0.25, 0.3) is 0 Å². The second-order valence-corrected chi connectivity index (χ2v) is 20.8. The molecule has 0 saturated carbocycles. The van der Waals surface area contributed by atoms with Gasteiger partial charge in [-0.15, -0.1) is 6.42 Å². The normalized spacial score (nSPS) is 12.5. The Morgan fingerprint density at radius 3 is 0.679 bits per heavy atom. The third kappa shape index (κ3) is 10.5. The molecule has 0 amide bonds. The zero-order chi connectivity index (χ0) is 40.4. The highest BCUT2D eigenvalue weighted by atomic mass is 14.4. The highest BCUT2D eigenvalue weighted by Crippen LogP contribution is 2.47. The summed E-state index contributed by atoms with van der Waals surface area (Å²) >= 11 is 0. The van der Waals surface area contributed by atoms with Gasteiger partial charge in [-0.1, -0.05) is 185 Å². The van der Waals surface area contributed by atoms with E-state index in [0.717, 1.165) is 16.7 Å². The molecular weight excluding hydrogens is 637 g/mol. The Labute approximate surface area is 325 Å². The largest absolute Gasteiger partial charge is 0.107 e. The smallest absolute Gasteiger partial charge is 0.106 e. The Bertz CT molecular complexity index is 1850. The van der Waals surface area contributed by atoms with Gasteiger partial charge < -0.3 is 0 Å². The van der Waals surface area contributed by atoms with Crippen molar-refractivity contribution in [1.82, 2.24) is 0 Å². The van der Waals surface area contributed by atoms with Crippen LogP contribution in [0.5, 0.6) is 0 Å². The molecule has 0 heterocycles. The fraction of sp³-hybridized carbons (Fsp3) is 0.472. The number of hydrogen-bond donors (Lipinski definition) is 0. The molecule has 0 aromatic heterocycles. The van der Waals surface area contributed by atoms with Crippen LogP contribution in [-0.2, 0) is 37.9 Å². The zero-order valence-corrected chi connectivity index (χ0v) is 36.3. The summed E-state index contributed by atoms with van der Waals surface area (Å²) in [7, 11) is 0. The molecule has 0 N–H and O–H groups in total. The van der Waals surface area contributed by atoms with Gasteiger partial charge in [-0.3, -0.25) is 0 Å². The lowest BCUT2D eigenvalue weighted by atomic mass is 9.64. The molecular formula is C53H64. The summed E-state index contributed by atoms with van der Waals surface area (Å²) in [5.74, 6) is 26.3. The highest BCUT2D eigenvalue weighted by molar-refractivity contribution is 5.64. The molecule has 0 aliphatic rings. The second-order valence-electron chi connectivity index (χ2n) is 20.8. The van der Waals surface area contributed by atoms with Gasteiger partial charge in [0.1, 0.15) is 5.41 Å². The number of rotatable bonds is 3. The van der Waals surface area contributed by atoms with Crippen molar-refractivity contribution in [1.29, 1.82) is 0 Å². The van der Waals surface area contributed by atoms with E-state index in [-0.39, 0.29) is 32.5 Å². The van der Waals surface area contributed by atoms with Crippen molar-refractivity contribution in [3.8, 4) is 59.7 Å². The van der Waals surface area contributed by atoms with E-state index in [9.17, 15) is 0 Å². The first-order chi connectivity index (χ1) is 24.0. The van der Waals surface area contributed by atoms with Crippen LogP contribution in [0.4, 0.5) is 0 Å². The van der Waals surface area contributed by atoms with Crippen LogP contribution in [0.3, 0.4) is 0 Å². The Balaban J connectivity index is 2.87. The average Bonchev–Trinajstić information content (AvgIpc) is 3.01. The van der Waals surface area contributed by atoms with Gasteiger partial charge in [-0.25, -0.2) is 0 Å². The molecule has 3 rings (SSSR count). The lowest BCUT2D eigenvalue weighted by Crippen LogP contribution is -2.32. The third-order valence-corrected chi connectivity index (χ3v) is 9.99. The molecule has 0 nitrogen and oxygen atoms in total. The van der Waals surface area contributed by atoms with Crippen LogP contribution in [0.25, 0.3) is 0 Å². The molecule has 3 aromatic carbocycles. The van der Waals surface area contributed by atoms with Gasteiger partial charge in [0.2, 0.25) is 0 Å². The topological polar surface area (TPSA) is 0 Å². The summed E-state index contributed by atoms with van der Waals surface area (Å²) in [6.45, 7) is 41.4. The summed E-state index contributed by atoms with van der Waals surface area (Å²) < 4.78 is 0. The van der Waals surface area contributed by atoms with Crippen molar-refractivity contribution >= 4 is 0 Å². The average molecular weight is 701 g/mol. The summed E-state index contributed by atoms with van der Waals surface area (Å²) in [4.78, 5) is 0. The first-order valence-corrected chi connectivity index (χ1v) is 19.0. The molecule has 0 aliphatic carbocycles. The van der Waals surface area contributed by atoms with E-state index in [0.29, 0.717) is 0 Å². The van der Waals surface area contributed by atoms with Crippen molar-refractivity contribution in [3.05, 3.63) is 105 Å². The maximum atomic E-state index is 5.28. The molecule has 0 unspecified atom stereocenters. The van der Waals surface area contributed by atoms with Crippen molar-refractivity contribution in [2.45, 2.75) is 163 Å². The predicted molar refractivity (Wildman–Crippen MR) is 231 cm³/mol. The van der Waals surface area contributed by atoms with Crippen molar-refractivity contribution < 1.29 is 0 Å². The Kier molecular flexibility index (Phi) is 12.2. The fourth-order valence-electron chi connectivity index (χ4n) is 6.16. The van der Waals surface area contributed by atoms with Crippen LogP contribution in [0.15, 0.2) is 54.6 Å². The van der Waals surface area contributed by atoms with Gasteiger partial charge in [0, 0.05) is 0 Å². The lowest BCUT2D eigenvalue weighted by molar-refractivity contribution is 0.558. The lowest BCUT2D eigenvalue weighted by Gasteiger charge is -2.38. The highest BCUT2D eigenvalue weighted by Gasteiger charge is 2.40. The maximum Gasteiger partial charge on any atom is 0.107 e. The molecule has 0 aliphatic heterocycles. The molecule has 0 spiro atoms. The number of benzene rings is 3. The van der Waals surface area contributed by atoms with Gasteiger partial charge >= 0.3 is 0 Å². The van der Waals surface area contributed by atoms with E-state index in [1.54, 1.807) is 0 Å². The van der Waals surface area contributed by atoms with Crippen LogP contribution in [0, 0.1) is 59.7 Å². The van der Waals surface area contributed by atoms with Crippen LogP contribution < -0.4 is 0 Å². The molecule has 0 fully saturated rings. The maximum absolute atomic E-state index is 5.28. The Hall–Kier alpha value is -4.54. The van der Waals surface area contributed by atoms with Crippen molar-refractivity contribution in [3.63, 3.8) is 0 Å². The number of hydrogen-bond acceptors (Lipinski definition) is 0. The van der Waals surface area contributed by atoms with E-state index in [1.807, 2.05) is 0 Å². The Morgan fingerprint density at radius 2 is 0.472 bits per heavy atom. The Morgan fingerprint density at radius 1 is 0.283 bits per heavy atom. The molecule has 276 valence electrons. The van der Waals surface area contributed by atoms with E-state index in [1.165, 1.54) is 33.4 Å². The van der Waals surface area contributed by atoms with Crippen molar-refractivity contribution in [2.75, 3.05) is 0 Å². The molecule has 0 saturated heterocycles. The molecule has 0 atom stereocenters. The summed E-state index contributed by atoms with van der Waals surface area (Å²) in [5, 5.41) is 0. The van der Waals surface area contributed by atoms with E-state index in [2.05, 4.69) is 233 Å².